The summed E-state index contributed by atoms with van der Waals surface area (Å²) in [4.78, 5) is 0.353. The van der Waals surface area contributed by atoms with Crippen molar-refractivity contribution in [3.63, 3.8) is 0 Å². The molecule has 0 radical (unpaired) electrons. The Balaban J connectivity index is 0.00000361. The molecule has 0 aliphatic rings. The Morgan fingerprint density at radius 2 is 1.60 bits per heavy atom. The summed E-state index contributed by atoms with van der Waals surface area (Å²) in [7, 11) is -3.34. The van der Waals surface area contributed by atoms with Gasteiger partial charge in [0.1, 0.15) is 0 Å². The molecule has 0 saturated heterocycles. The maximum absolute atomic E-state index is 12.3. The fourth-order valence-corrected chi connectivity index (χ4v) is 3.24. The molecule has 0 aliphatic heterocycles. The van der Waals surface area contributed by atoms with Crippen molar-refractivity contribution in [1.82, 2.24) is 10.5 Å². The zero-order valence-corrected chi connectivity index (χ0v) is 13.7. The largest absolute Gasteiger partial charge is 0.385 e. The number of nitrogens with one attached hydrogen (secondary N) is 1. The fraction of sp³-hybridized carbons (Fsp3) is 0.571. The van der Waals surface area contributed by atoms with E-state index in [9.17, 15) is 8.42 Å². The van der Waals surface area contributed by atoms with Gasteiger partial charge in [-0.05, 0) is 30.2 Å². The Morgan fingerprint density at radius 1 is 1.10 bits per heavy atom. The molecule has 0 atom stereocenters. The zero-order chi connectivity index (χ0) is 14.5. The highest BCUT2D eigenvalue weighted by Crippen LogP contribution is 2.18. The maximum Gasteiger partial charge on any atom is 0.243 e. The lowest BCUT2D eigenvalue weighted by Crippen LogP contribution is -2.30. The second kappa shape index (κ2) is 8.24. The zero-order valence-electron chi connectivity index (χ0n) is 12.9. The third-order valence-corrected chi connectivity index (χ3v) is 4.98. The van der Waals surface area contributed by atoms with Gasteiger partial charge in [-0.1, -0.05) is 27.7 Å². The lowest BCUT2D eigenvalue weighted by Gasteiger charge is -2.18. The summed E-state index contributed by atoms with van der Waals surface area (Å²) in [5, 5.41) is 3.27. The predicted molar refractivity (Wildman–Crippen MR) is 84.9 cm³/mol. The van der Waals surface area contributed by atoms with Crippen molar-refractivity contribution in [2.24, 2.45) is 5.92 Å². The van der Waals surface area contributed by atoms with E-state index >= 15 is 0 Å². The molecule has 0 bridgehead atoms. The van der Waals surface area contributed by atoms with E-state index in [0.717, 1.165) is 12.2 Å². The van der Waals surface area contributed by atoms with Crippen molar-refractivity contribution < 1.29 is 8.42 Å². The van der Waals surface area contributed by atoms with E-state index in [1.54, 1.807) is 12.1 Å². The van der Waals surface area contributed by atoms with E-state index in [2.05, 4.69) is 19.2 Å². The highest BCUT2D eigenvalue weighted by atomic mass is 32.2. The second-order valence-electron chi connectivity index (χ2n) is 4.89. The van der Waals surface area contributed by atoms with Gasteiger partial charge in [-0.25, -0.2) is 8.42 Å². The monoisotopic (exact) mass is 301 g/mol. The molecule has 1 rings (SSSR count). The van der Waals surface area contributed by atoms with Crippen LogP contribution in [-0.2, 0) is 10.0 Å². The van der Waals surface area contributed by atoms with Gasteiger partial charge in [0.15, 0.2) is 0 Å². The minimum absolute atomic E-state index is 0. The number of nitrogens with zero attached hydrogens (tertiary/aromatic N) is 1. The fourth-order valence-electron chi connectivity index (χ4n) is 1.78. The molecule has 0 unspecified atom stereocenters. The van der Waals surface area contributed by atoms with Gasteiger partial charge in [0.2, 0.25) is 10.0 Å². The topological polar surface area (TPSA) is 84.4 Å². The molecular formula is C14H27N3O2S. The standard InChI is InChI=1S/C14H24N2O2S.H3N/c1-5-16(6-2)19(17,18)14-9-7-13(8-10-14)15-11-12(3)4;/h7-10,12,15H,5-6,11H2,1-4H3;1H3. The molecule has 0 amide bonds. The van der Waals surface area contributed by atoms with Crippen LogP contribution in [0.2, 0.25) is 0 Å². The van der Waals surface area contributed by atoms with Gasteiger partial charge in [0.05, 0.1) is 4.90 Å². The van der Waals surface area contributed by atoms with Gasteiger partial charge in [-0.2, -0.15) is 4.31 Å². The van der Waals surface area contributed by atoms with Crippen LogP contribution in [0.5, 0.6) is 0 Å². The molecule has 1 aromatic carbocycles. The van der Waals surface area contributed by atoms with E-state index < -0.39 is 10.0 Å². The molecule has 5 nitrogen and oxygen atoms in total. The number of hydrogen-bond acceptors (Lipinski definition) is 4. The number of benzene rings is 1. The van der Waals surface area contributed by atoms with Crippen LogP contribution < -0.4 is 11.5 Å². The van der Waals surface area contributed by atoms with Gasteiger partial charge in [-0.15, -0.1) is 0 Å². The summed E-state index contributed by atoms with van der Waals surface area (Å²) in [5.41, 5.74) is 0.951. The first-order valence-electron chi connectivity index (χ1n) is 6.75. The first-order chi connectivity index (χ1) is 8.91. The SMILES string of the molecule is CCN(CC)S(=O)(=O)c1ccc(NCC(C)C)cc1.N. The number of hydrogen-bond donors (Lipinski definition) is 2. The minimum Gasteiger partial charge on any atom is -0.385 e. The van der Waals surface area contributed by atoms with E-state index in [4.69, 9.17) is 0 Å². The molecule has 0 fully saturated rings. The molecule has 1 aromatic rings. The predicted octanol–water partition coefficient (Wildman–Crippen LogP) is 2.95. The molecule has 0 aromatic heterocycles. The number of sulfonamides is 1. The molecule has 6 heteroatoms. The van der Waals surface area contributed by atoms with Gasteiger partial charge < -0.3 is 11.5 Å². The third-order valence-electron chi connectivity index (χ3n) is 2.91. The lowest BCUT2D eigenvalue weighted by atomic mass is 10.2. The normalized spacial score (nSPS) is 11.5. The van der Waals surface area contributed by atoms with Crippen molar-refractivity contribution in [3.8, 4) is 0 Å². The molecule has 4 N–H and O–H groups in total. The van der Waals surface area contributed by atoms with E-state index in [1.165, 1.54) is 4.31 Å². The summed E-state index contributed by atoms with van der Waals surface area (Å²) in [6.45, 7) is 9.82. The van der Waals surface area contributed by atoms with E-state index in [1.807, 2.05) is 26.0 Å². The Bertz CT molecular complexity index is 480. The molecule has 0 spiro atoms. The van der Waals surface area contributed by atoms with Crippen molar-refractivity contribution in [2.75, 3.05) is 25.0 Å². The quantitative estimate of drug-likeness (QED) is 0.811. The Kier molecular flexibility index (Phi) is 7.78. The van der Waals surface area contributed by atoms with E-state index in [-0.39, 0.29) is 6.15 Å². The Labute approximate surface area is 123 Å². The highest BCUT2D eigenvalue weighted by molar-refractivity contribution is 7.89. The molecule has 20 heavy (non-hydrogen) atoms. The third kappa shape index (κ3) is 4.77. The van der Waals surface area contributed by atoms with Gasteiger partial charge >= 0.3 is 0 Å². The van der Waals surface area contributed by atoms with Crippen LogP contribution in [0, 0.1) is 5.92 Å². The Hall–Kier alpha value is -1.11. The maximum atomic E-state index is 12.3. The van der Waals surface area contributed by atoms with Crippen LogP contribution in [0.3, 0.4) is 0 Å². The first kappa shape index (κ1) is 18.9. The summed E-state index contributed by atoms with van der Waals surface area (Å²) >= 11 is 0. The van der Waals surface area contributed by atoms with Crippen LogP contribution in [-0.4, -0.2) is 32.4 Å². The molecule has 0 heterocycles. The molecule has 0 aliphatic carbocycles. The van der Waals surface area contributed by atoms with Crippen LogP contribution in [0.4, 0.5) is 5.69 Å². The van der Waals surface area contributed by atoms with Crippen molar-refractivity contribution in [1.29, 1.82) is 0 Å². The number of rotatable bonds is 7. The first-order valence-corrected chi connectivity index (χ1v) is 8.19. The van der Waals surface area contributed by atoms with Crippen molar-refractivity contribution >= 4 is 15.7 Å². The highest BCUT2D eigenvalue weighted by Gasteiger charge is 2.20. The van der Waals surface area contributed by atoms with Gasteiger partial charge in [0, 0.05) is 25.3 Å². The second-order valence-corrected chi connectivity index (χ2v) is 6.83. The van der Waals surface area contributed by atoms with Crippen molar-refractivity contribution in [2.45, 2.75) is 32.6 Å². The summed E-state index contributed by atoms with van der Waals surface area (Å²) in [5.74, 6) is 0.555. The average Bonchev–Trinajstić information content (AvgIpc) is 2.38. The van der Waals surface area contributed by atoms with Crippen LogP contribution >= 0.6 is 0 Å². The summed E-state index contributed by atoms with van der Waals surface area (Å²) in [6.07, 6.45) is 0. The lowest BCUT2D eigenvalue weighted by molar-refractivity contribution is 0.445. The van der Waals surface area contributed by atoms with Gasteiger partial charge in [0.25, 0.3) is 0 Å². The summed E-state index contributed by atoms with van der Waals surface area (Å²) in [6, 6.07) is 6.96. The Morgan fingerprint density at radius 3 is 2.00 bits per heavy atom. The van der Waals surface area contributed by atoms with Crippen molar-refractivity contribution in [3.05, 3.63) is 24.3 Å². The van der Waals surface area contributed by atoms with Gasteiger partial charge in [-0.3, -0.25) is 0 Å². The molecular weight excluding hydrogens is 274 g/mol. The number of anilines is 1. The van der Waals surface area contributed by atoms with Crippen LogP contribution in [0.15, 0.2) is 29.2 Å². The average molecular weight is 301 g/mol. The van der Waals surface area contributed by atoms with Crippen LogP contribution in [0.1, 0.15) is 27.7 Å². The molecule has 0 saturated carbocycles. The van der Waals surface area contributed by atoms with E-state index in [0.29, 0.717) is 23.9 Å². The smallest absolute Gasteiger partial charge is 0.243 e. The minimum atomic E-state index is -3.34. The van der Waals surface area contributed by atoms with Crippen LogP contribution in [0.25, 0.3) is 0 Å². The summed E-state index contributed by atoms with van der Waals surface area (Å²) < 4.78 is 26.0. The molecule has 116 valence electrons.